The Kier molecular flexibility index (Phi) is 6.33. The summed E-state index contributed by atoms with van der Waals surface area (Å²) in [6.07, 6.45) is 0.0356. The zero-order valence-corrected chi connectivity index (χ0v) is 13.9. The number of benzene rings is 2. The van der Waals surface area contributed by atoms with E-state index in [9.17, 15) is 14.0 Å². The number of hydrogen-bond donors (Lipinski definition) is 2. The third-order valence-electron chi connectivity index (χ3n) is 3.00. The molecule has 7 heteroatoms. The molecule has 0 bridgehead atoms. The van der Waals surface area contributed by atoms with Crippen LogP contribution < -0.4 is 20.3 Å². The third-order valence-corrected chi connectivity index (χ3v) is 3.00. The van der Waals surface area contributed by atoms with E-state index in [1.165, 1.54) is 18.2 Å². The summed E-state index contributed by atoms with van der Waals surface area (Å²) in [5.74, 6) is -1.06. The van der Waals surface area contributed by atoms with Gasteiger partial charge >= 0.3 is 0 Å². The van der Waals surface area contributed by atoms with Crippen LogP contribution in [0.3, 0.4) is 0 Å². The molecule has 2 aromatic rings. The van der Waals surface area contributed by atoms with Crippen LogP contribution in [0.5, 0.6) is 11.5 Å². The summed E-state index contributed by atoms with van der Waals surface area (Å²) < 4.78 is 23.9. The summed E-state index contributed by atoms with van der Waals surface area (Å²) in [6, 6.07) is 12.2. The zero-order chi connectivity index (χ0) is 18.2. The van der Waals surface area contributed by atoms with Crippen molar-refractivity contribution >= 4 is 11.8 Å². The first-order valence-corrected chi connectivity index (χ1v) is 7.69. The van der Waals surface area contributed by atoms with E-state index in [0.717, 1.165) is 0 Å². The lowest BCUT2D eigenvalue weighted by molar-refractivity contribution is -0.123. The monoisotopic (exact) mass is 346 g/mol. The lowest BCUT2D eigenvalue weighted by atomic mass is 10.2. The number of hydrazine groups is 1. The van der Waals surface area contributed by atoms with Crippen molar-refractivity contribution in [2.45, 2.75) is 20.0 Å². The number of rotatable bonds is 6. The summed E-state index contributed by atoms with van der Waals surface area (Å²) >= 11 is 0. The number of carbonyl (C=O) groups excluding carboxylic acids is 2. The molecule has 0 aliphatic rings. The summed E-state index contributed by atoms with van der Waals surface area (Å²) in [4.78, 5) is 23.6. The zero-order valence-electron chi connectivity index (χ0n) is 13.9. The van der Waals surface area contributed by atoms with Gasteiger partial charge in [0.25, 0.3) is 11.8 Å². The highest BCUT2D eigenvalue weighted by Crippen LogP contribution is 2.15. The van der Waals surface area contributed by atoms with Crippen molar-refractivity contribution in [2.75, 3.05) is 6.61 Å². The molecule has 25 heavy (non-hydrogen) atoms. The van der Waals surface area contributed by atoms with Crippen LogP contribution in [0.15, 0.2) is 48.5 Å². The van der Waals surface area contributed by atoms with Crippen molar-refractivity contribution in [3.05, 3.63) is 59.9 Å². The number of para-hydroxylation sites is 1. The molecule has 0 fully saturated rings. The molecule has 2 amide bonds. The highest BCUT2D eigenvalue weighted by atomic mass is 19.1. The van der Waals surface area contributed by atoms with E-state index in [1.807, 2.05) is 13.8 Å². The molecule has 2 aromatic carbocycles. The summed E-state index contributed by atoms with van der Waals surface area (Å²) in [5, 5.41) is 0. The average Bonchev–Trinajstić information content (AvgIpc) is 2.59. The molecule has 0 aromatic heterocycles. The molecule has 0 saturated heterocycles. The first-order valence-electron chi connectivity index (χ1n) is 7.69. The van der Waals surface area contributed by atoms with Gasteiger partial charge < -0.3 is 9.47 Å². The quantitative estimate of drug-likeness (QED) is 0.788. The molecule has 0 radical (unpaired) electrons. The molecule has 0 unspecified atom stereocenters. The molecular weight excluding hydrogens is 327 g/mol. The van der Waals surface area contributed by atoms with E-state index >= 15 is 0 Å². The minimum Gasteiger partial charge on any atom is -0.491 e. The SMILES string of the molecule is CC(C)Oc1ccc(C(=O)NNC(=O)COc2ccccc2F)cc1. The van der Waals surface area contributed by atoms with Gasteiger partial charge in [0.05, 0.1) is 6.10 Å². The average molecular weight is 346 g/mol. The Morgan fingerprint density at radius 2 is 1.72 bits per heavy atom. The largest absolute Gasteiger partial charge is 0.491 e. The Morgan fingerprint density at radius 1 is 1.04 bits per heavy atom. The van der Waals surface area contributed by atoms with E-state index in [1.54, 1.807) is 30.3 Å². The lowest BCUT2D eigenvalue weighted by Gasteiger charge is -2.11. The molecule has 0 atom stereocenters. The second kappa shape index (κ2) is 8.68. The molecule has 132 valence electrons. The van der Waals surface area contributed by atoms with Crippen LogP contribution in [0.1, 0.15) is 24.2 Å². The van der Waals surface area contributed by atoms with Crippen molar-refractivity contribution < 1.29 is 23.5 Å². The number of carbonyl (C=O) groups is 2. The van der Waals surface area contributed by atoms with Gasteiger partial charge in [-0.25, -0.2) is 4.39 Å². The van der Waals surface area contributed by atoms with Crippen molar-refractivity contribution in [3.63, 3.8) is 0 Å². The minimum absolute atomic E-state index is 0.0356. The normalized spacial score (nSPS) is 10.2. The summed E-state index contributed by atoms with van der Waals surface area (Å²) in [5.41, 5.74) is 4.81. The molecule has 0 saturated carbocycles. The highest BCUT2D eigenvalue weighted by Gasteiger charge is 2.09. The Balaban J connectivity index is 1.79. The molecule has 0 aliphatic carbocycles. The number of amides is 2. The maximum Gasteiger partial charge on any atom is 0.276 e. The fourth-order valence-electron chi connectivity index (χ4n) is 1.90. The van der Waals surface area contributed by atoms with Crippen molar-refractivity contribution in [3.8, 4) is 11.5 Å². The molecule has 0 spiro atoms. The third kappa shape index (κ3) is 5.80. The van der Waals surface area contributed by atoms with E-state index in [2.05, 4.69) is 10.9 Å². The van der Waals surface area contributed by atoms with Gasteiger partial charge in [0.15, 0.2) is 18.2 Å². The topological polar surface area (TPSA) is 76.7 Å². The summed E-state index contributed by atoms with van der Waals surface area (Å²) in [7, 11) is 0. The highest BCUT2D eigenvalue weighted by molar-refractivity contribution is 5.95. The summed E-state index contributed by atoms with van der Waals surface area (Å²) in [6.45, 7) is 3.38. The van der Waals surface area contributed by atoms with Crippen LogP contribution in [0.25, 0.3) is 0 Å². The van der Waals surface area contributed by atoms with Gasteiger partial charge in [0, 0.05) is 5.56 Å². The Morgan fingerprint density at radius 3 is 2.36 bits per heavy atom. The van der Waals surface area contributed by atoms with E-state index in [4.69, 9.17) is 9.47 Å². The molecule has 6 nitrogen and oxygen atoms in total. The van der Waals surface area contributed by atoms with Crippen LogP contribution in [0, 0.1) is 5.82 Å². The smallest absolute Gasteiger partial charge is 0.276 e. The van der Waals surface area contributed by atoms with Gasteiger partial charge in [-0.3, -0.25) is 20.4 Å². The maximum absolute atomic E-state index is 13.4. The van der Waals surface area contributed by atoms with E-state index < -0.39 is 24.2 Å². The fourth-order valence-corrected chi connectivity index (χ4v) is 1.90. The Labute approximate surface area is 144 Å². The number of ether oxygens (including phenoxy) is 2. The molecule has 0 heterocycles. The van der Waals surface area contributed by atoms with Gasteiger partial charge in [-0.05, 0) is 50.2 Å². The Hall–Kier alpha value is -3.09. The molecule has 0 aliphatic heterocycles. The van der Waals surface area contributed by atoms with Gasteiger partial charge in [-0.15, -0.1) is 0 Å². The van der Waals surface area contributed by atoms with Crippen LogP contribution in [0.2, 0.25) is 0 Å². The minimum atomic E-state index is -0.614. The fraction of sp³-hybridized carbons (Fsp3) is 0.222. The van der Waals surface area contributed by atoms with Crippen LogP contribution in [-0.4, -0.2) is 24.5 Å². The van der Waals surface area contributed by atoms with E-state index in [-0.39, 0.29) is 11.9 Å². The second-order valence-corrected chi connectivity index (χ2v) is 5.41. The predicted molar refractivity (Wildman–Crippen MR) is 89.7 cm³/mol. The van der Waals surface area contributed by atoms with Gasteiger partial charge in [-0.2, -0.15) is 0 Å². The van der Waals surface area contributed by atoms with E-state index in [0.29, 0.717) is 11.3 Å². The molecular formula is C18H19FN2O4. The van der Waals surface area contributed by atoms with Gasteiger partial charge in [0.2, 0.25) is 0 Å². The van der Waals surface area contributed by atoms with Gasteiger partial charge in [-0.1, -0.05) is 12.1 Å². The maximum atomic E-state index is 13.4. The first-order chi connectivity index (χ1) is 12.0. The van der Waals surface area contributed by atoms with Crippen LogP contribution in [-0.2, 0) is 4.79 Å². The van der Waals surface area contributed by atoms with Gasteiger partial charge in [0.1, 0.15) is 5.75 Å². The molecule has 2 N–H and O–H groups in total. The number of nitrogens with one attached hydrogen (secondary N) is 2. The van der Waals surface area contributed by atoms with Crippen molar-refractivity contribution in [1.29, 1.82) is 0 Å². The number of halogens is 1. The molecule has 2 rings (SSSR count). The standard InChI is InChI=1S/C18H19FN2O4/c1-12(2)25-14-9-7-13(8-10-14)18(23)21-20-17(22)11-24-16-6-4-3-5-15(16)19/h3-10,12H,11H2,1-2H3,(H,20,22)(H,21,23). The first kappa shape index (κ1) is 18.3. The van der Waals surface area contributed by atoms with Crippen LogP contribution in [0.4, 0.5) is 4.39 Å². The van der Waals surface area contributed by atoms with Crippen LogP contribution >= 0.6 is 0 Å². The van der Waals surface area contributed by atoms with Crippen molar-refractivity contribution in [2.24, 2.45) is 0 Å². The predicted octanol–water partition coefficient (Wildman–Crippen LogP) is 2.45. The Bertz CT molecular complexity index is 732. The lowest BCUT2D eigenvalue weighted by Crippen LogP contribution is -2.43. The second-order valence-electron chi connectivity index (χ2n) is 5.41. The number of hydrogen-bond acceptors (Lipinski definition) is 4. The van der Waals surface area contributed by atoms with Crippen molar-refractivity contribution in [1.82, 2.24) is 10.9 Å².